The van der Waals surface area contributed by atoms with Crippen molar-refractivity contribution in [3.8, 4) is 5.75 Å². The summed E-state index contributed by atoms with van der Waals surface area (Å²) in [5, 5.41) is 3.04. The topological polar surface area (TPSA) is 67.4 Å². The highest BCUT2D eigenvalue weighted by atomic mass is 32.2. The fourth-order valence-corrected chi connectivity index (χ4v) is 3.72. The van der Waals surface area contributed by atoms with E-state index in [0.717, 1.165) is 24.2 Å². The van der Waals surface area contributed by atoms with Gasteiger partial charge in [0.05, 0.1) is 11.5 Å². The van der Waals surface area contributed by atoms with Crippen LogP contribution in [0.3, 0.4) is 0 Å². The molecule has 0 saturated heterocycles. The van der Waals surface area contributed by atoms with Crippen LogP contribution in [-0.2, 0) is 16.6 Å². The van der Waals surface area contributed by atoms with Crippen LogP contribution in [0.2, 0.25) is 0 Å². The zero-order valence-electron chi connectivity index (χ0n) is 12.8. The van der Waals surface area contributed by atoms with Crippen molar-refractivity contribution >= 4 is 10.0 Å². The quantitative estimate of drug-likeness (QED) is 0.769. The first-order valence-corrected chi connectivity index (χ1v) is 8.89. The summed E-state index contributed by atoms with van der Waals surface area (Å²) >= 11 is 0. The molecule has 1 aromatic rings. The Hall–Kier alpha value is -1.11. The van der Waals surface area contributed by atoms with Gasteiger partial charge in [0.25, 0.3) is 0 Å². The lowest BCUT2D eigenvalue weighted by Crippen LogP contribution is -2.34. The Balaban J connectivity index is 2.23. The average Bonchev–Trinajstić information content (AvgIpc) is 3.25. The van der Waals surface area contributed by atoms with Crippen molar-refractivity contribution < 1.29 is 13.2 Å². The van der Waals surface area contributed by atoms with Crippen LogP contribution in [0.25, 0.3) is 0 Å². The Morgan fingerprint density at radius 2 is 2.10 bits per heavy atom. The molecule has 21 heavy (non-hydrogen) atoms. The predicted molar refractivity (Wildman–Crippen MR) is 82.9 cm³/mol. The SMILES string of the molecule is CCOc1ccc(S(=O)(=O)NC(C)C2CC2)cc1CNC. The van der Waals surface area contributed by atoms with Gasteiger partial charge in [0.15, 0.2) is 0 Å². The first kappa shape index (κ1) is 16.3. The van der Waals surface area contributed by atoms with Crippen LogP contribution >= 0.6 is 0 Å². The van der Waals surface area contributed by atoms with Gasteiger partial charge >= 0.3 is 0 Å². The Kier molecular flexibility index (Phi) is 5.24. The molecule has 1 unspecified atom stereocenters. The minimum atomic E-state index is -3.47. The summed E-state index contributed by atoms with van der Waals surface area (Å²) in [6.07, 6.45) is 2.22. The molecule has 0 amide bonds. The Morgan fingerprint density at radius 3 is 2.67 bits per heavy atom. The Bertz CT molecular complexity index is 583. The van der Waals surface area contributed by atoms with Gasteiger partial charge in [-0.2, -0.15) is 0 Å². The smallest absolute Gasteiger partial charge is 0.240 e. The monoisotopic (exact) mass is 312 g/mol. The molecule has 2 N–H and O–H groups in total. The zero-order valence-corrected chi connectivity index (χ0v) is 13.7. The standard InChI is InChI=1S/C15H24N2O3S/c1-4-20-15-8-7-14(9-13(15)10-16-3)21(18,19)17-11(2)12-5-6-12/h7-9,11-12,16-17H,4-6,10H2,1-3H3. The molecular weight excluding hydrogens is 288 g/mol. The molecule has 1 aliphatic rings. The van der Waals surface area contributed by atoms with Gasteiger partial charge in [-0.1, -0.05) is 0 Å². The van der Waals surface area contributed by atoms with Crippen molar-refractivity contribution in [1.29, 1.82) is 0 Å². The van der Waals surface area contributed by atoms with Crippen molar-refractivity contribution in [2.75, 3.05) is 13.7 Å². The van der Waals surface area contributed by atoms with E-state index in [4.69, 9.17) is 4.74 Å². The molecule has 0 heterocycles. The first-order chi connectivity index (χ1) is 9.97. The molecule has 0 aliphatic heterocycles. The largest absolute Gasteiger partial charge is 0.494 e. The van der Waals surface area contributed by atoms with E-state index < -0.39 is 10.0 Å². The summed E-state index contributed by atoms with van der Waals surface area (Å²) in [4.78, 5) is 0.295. The van der Waals surface area contributed by atoms with Gasteiger partial charge in [-0.25, -0.2) is 13.1 Å². The van der Waals surface area contributed by atoms with Crippen LogP contribution in [0.15, 0.2) is 23.1 Å². The Morgan fingerprint density at radius 1 is 1.38 bits per heavy atom. The van der Waals surface area contributed by atoms with Crippen LogP contribution in [0.1, 0.15) is 32.3 Å². The van der Waals surface area contributed by atoms with Crippen molar-refractivity contribution in [3.05, 3.63) is 23.8 Å². The van der Waals surface area contributed by atoms with Gasteiger partial charge < -0.3 is 10.1 Å². The number of rotatable bonds is 8. The average molecular weight is 312 g/mol. The molecule has 1 saturated carbocycles. The summed E-state index contributed by atoms with van der Waals surface area (Å²) in [6.45, 7) is 4.96. The maximum absolute atomic E-state index is 12.4. The molecule has 0 radical (unpaired) electrons. The molecule has 0 spiro atoms. The minimum Gasteiger partial charge on any atom is -0.494 e. The molecule has 0 aromatic heterocycles. The van der Waals surface area contributed by atoms with Crippen LogP contribution in [0.5, 0.6) is 5.75 Å². The van der Waals surface area contributed by atoms with Gasteiger partial charge in [-0.15, -0.1) is 0 Å². The molecular formula is C15H24N2O3S. The third kappa shape index (κ3) is 4.18. The van der Waals surface area contributed by atoms with Crippen LogP contribution < -0.4 is 14.8 Å². The Labute approximate surface area is 127 Å². The maximum Gasteiger partial charge on any atom is 0.240 e. The van der Waals surface area contributed by atoms with E-state index in [0.29, 0.717) is 24.0 Å². The second kappa shape index (κ2) is 6.77. The van der Waals surface area contributed by atoms with E-state index in [-0.39, 0.29) is 6.04 Å². The highest BCUT2D eigenvalue weighted by Crippen LogP contribution is 2.33. The lowest BCUT2D eigenvalue weighted by atomic mass is 10.2. The van der Waals surface area contributed by atoms with Gasteiger partial charge in [-0.05, 0) is 57.9 Å². The highest BCUT2D eigenvalue weighted by Gasteiger charge is 2.31. The second-order valence-corrected chi connectivity index (χ2v) is 7.19. The maximum atomic E-state index is 12.4. The minimum absolute atomic E-state index is 0.00526. The van der Waals surface area contributed by atoms with Crippen molar-refractivity contribution in [3.63, 3.8) is 0 Å². The van der Waals surface area contributed by atoms with Crippen molar-refractivity contribution in [2.24, 2.45) is 5.92 Å². The third-order valence-electron chi connectivity index (χ3n) is 3.68. The van der Waals surface area contributed by atoms with Crippen LogP contribution in [0.4, 0.5) is 0 Å². The van der Waals surface area contributed by atoms with Crippen LogP contribution in [-0.4, -0.2) is 28.1 Å². The predicted octanol–water partition coefficient (Wildman–Crippen LogP) is 1.88. The summed E-state index contributed by atoms with van der Waals surface area (Å²) in [5.74, 6) is 1.21. The summed E-state index contributed by atoms with van der Waals surface area (Å²) in [6, 6.07) is 5.01. The molecule has 1 atom stereocenters. The molecule has 1 fully saturated rings. The normalized spacial score (nSPS) is 16.7. The zero-order chi connectivity index (χ0) is 15.5. The van der Waals surface area contributed by atoms with E-state index >= 15 is 0 Å². The van der Waals surface area contributed by atoms with Gasteiger partial charge in [-0.3, -0.25) is 0 Å². The number of nitrogens with one attached hydrogen (secondary N) is 2. The second-order valence-electron chi connectivity index (χ2n) is 5.48. The molecule has 6 heteroatoms. The molecule has 1 aliphatic carbocycles. The molecule has 118 valence electrons. The number of hydrogen-bond donors (Lipinski definition) is 2. The van der Waals surface area contributed by atoms with Crippen molar-refractivity contribution in [1.82, 2.24) is 10.0 Å². The van der Waals surface area contributed by atoms with E-state index in [1.807, 2.05) is 20.9 Å². The number of benzene rings is 1. The van der Waals surface area contributed by atoms with Gasteiger partial charge in [0, 0.05) is 18.2 Å². The van der Waals surface area contributed by atoms with E-state index in [2.05, 4.69) is 10.0 Å². The first-order valence-electron chi connectivity index (χ1n) is 7.40. The number of hydrogen-bond acceptors (Lipinski definition) is 4. The fourth-order valence-electron chi connectivity index (χ4n) is 2.35. The lowest BCUT2D eigenvalue weighted by Gasteiger charge is -2.15. The molecule has 2 rings (SSSR count). The lowest BCUT2D eigenvalue weighted by molar-refractivity contribution is 0.335. The molecule has 5 nitrogen and oxygen atoms in total. The highest BCUT2D eigenvalue weighted by molar-refractivity contribution is 7.89. The summed E-state index contributed by atoms with van der Waals surface area (Å²) < 4.78 is 33.2. The number of sulfonamides is 1. The summed E-state index contributed by atoms with van der Waals surface area (Å²) in [7, 11) is -1.65. The van der Waals surface area contributed by atoms with Gasteiger partial charge in [0.1, 0.15) is 5.75 Å². The molecule has 0 bridgehead atoms. The van der Waals surface area contributed by atoms with Crippen molar-refractivity contribution in [2.45, 2.75) is 44.2 Å². The van der Waals surface area contributed by atoms with Crippen LogP contribution in [0, 0.1) is 5.92 Å². The molecule has 1 aromatic carbocycles. The number of ether oxygens (including phenoxy) is 1. The van der Waals surface area contributed by atoms with E-state index in [9.17, 15) is 8.42 Å². The summed E-state index contributed by atoms with van der Waals surface area (Å²) in [5.41, 5.74) is 0.848. The van der Waals surface area contributed by atoms with E-state index in [1.165, 1.54) is 0 Å². The third-order valence-corrected chi connectivity index (χ3v) is 5.24. The van der Waals surface area contributed by atoms with E-state index in [1.54, 1.807) is 18.2 Å². The fraction of sp³-hybridized carbons (Fsp3) is 0.600. The van der Waals surface area contributed by atoms with Gasteiger partial charge in [0.2, 0.25) is 10.0 Å².